The van der Waals surface area contributed by atoms with Gasteiger partial charge in [-0.2, -0.15) is 0 Å². The molecule has 0 amide bonds. The van der Waals surface area contributed by atoms with E-state index in [9.17, 15) is 5.11 Å². The molecule has 0 radical (unpaired) electrons. The molecular formula is C42H44O7. The van der Waals surface area contributed by atoms with Crippen LogP contribution < -0.4 is 4.74 Å². The number of benzene rings is 5. The predicted octanol–water partition coefficient (Wildman–Crippen LogP) is 7.30. The van der Waals surface area contributed by atoms with Crippen LogP contribution >= 0.6 is 0 Å². The van der Waals surface area contributed by atoms with Crippen molar-refractivity contribution >= 4 is 0 Å². The molecule has 1 fully saturated rings. The Bertz CT molecular complexity index is 1620. The van der Waals surface area contributed by atoms with Crippen molar-refractivity contribution in [2.75, 3.05) is 13.2 Å². The summed E-state index contributed by atoms with van der Waals surface area (Å²) >= 11 is 0. The Morgan fingerprint density at radius 2 is 0.837 bits per heavy atom. The van der Waals surface area contributed by atoms with Crippen molar-refractivity contribution in [2.24, 2.45) is 0 Å². The average molecular weight is 661 g/mol. The molecule has 1 aliphatic rings. The lowest BCUT2D eigenvalue weighted by atomic mass is 9.94. The van der Waals surface area contributed by atoms with Gasteiger partial charge in [0, 0.05) is 0 Å². The standard InChI is InChI=1S/C42H44O7/c43-25-32-21-23-37(24-22-32)45-31-39-41(47-28-35-17-9-3-10-18-35)42(48-29-36-19-11-4-12-20-36)40(46-27-34-15-7-2-8-16-34)38(49-39)30-44-26-33-13-5-1-6-14-33/h1-24,38-43H,25-31H2. The van der Waals surface area contributed by atoms with Crippen LogP contribution in [0.4, 0.5) is 0 Å². The zero-order chi connectivity index (χ0) is 33.5. The van der Waals surface area contributed by atoms with Crippen LogP contribution in [0.2, 0.25) is 0 Å². The number of hydrogen-bond acceptors (Lipinski definition) is 7. The molecule has 0 spiro atoms. The summed E-state index contributed by atoms with van der Waals surface area (Å²) in [5.74, 6) is 0.670. The van der Waals surface area contributed by atoms with Gasteiger partial charge < -0.3 is 33.5 Å². The van der Waals surface area contributed by atoms with E-state index in [0.717, 1.165) is 27.8 Å². The molecule has 0 aromatic heterocycles. The fourth-order valence-electron chi connectivity index (χ4n) is 5.89. The third kappa shape index (κ3) is 10.3. The maximum absolute atomic E-state index is 9.51. The molecule has 0 saturated carbocycles. The summed E-state index contributed by atoms with van der Waals surface area (Å²) in [6, 6.07) is 47.8. The SMILES string of the molecule is OCc1ccc(OCC2OC(COCc3ccccc3)C(OCc3ccccc3)C(OCc3ccccc3)C2OCc2ccccc2)cc1. The summed E-state index contributed by atoms with van der Waals surface area (Å²) in [6.07, 6.45) is -2.55. The average Bonchev–Trinajstić information content (AvgIpc) is 3.17. The van der Waals surface area contributed by atoms with Crippen molar-refractivity contribution < 1.29 is 33.5 Å². The molecule has 1 saturated heterocycles. The molecule has 1 N–H and O–H groups in total. The molecule has 254 valence electrons. The molecule has 5 atom stereocenters. The van der Waals surface area contributed by atoms with Crippen molar-refractivity contribution in [3.63, 3.8) is 0 Å². The van der Waals surface area contributed by atoms with E-state index in [4.69, 9.17) is 28.4 Å². The van der Waals surface area contributed by atoms with E-state index in [0.29, 0.717) is 32.2 Å². The first-order valence-corrected chi connectivity index (χ1v) is 16.8. The van der Waals surface area contributed by atoms with Crippen LogP contribution in [0.25, 0.3) is 0 Å². The van der Waals surface area contributed by atoms with Gasteiger partial charge in [-0.3, -0.25) is 0 Å². The van der Waals surface area contributed by atoms with E-state index in [1.165, 1.54) is 0 Å². The number of hydrogen-bond donors (Lipinski definition) is 1. The van der Waals surface area contributed by atoms with Crippen molar-refractivity contribution in [1.82, 2.24) is 0 Å². The zero-order valence-electron chi connectivity index (χ0n) is 27.6. The molecule has 5 unspecified atom stereocenters. The lowest BCUT2D eigenvalue weighted by Crippen LogP contribution is -2.62. The Morgan fingerprint density at radius 1 is 0.429 bits per heavy atom. The molecule has 5 aromatic carbocycles. The van der Waals surface area contributed by atoms with Gasteiger partial charge in [0.2, 0.25) is 0 Å². The minimum atomic E-state index is -0.535. The second kappa shape index (κ2) is 18.4. The second-order valence-corrected chi connectivity index (χ2v) is 12.1. The van der Waals surface area contributed by atoms with Gasteiger partial charge in [0.15, 0.2) is 0 Å². The normalized spacial score (nSPS) is 20.6. The van der Waals surface area contributed by atoms with Crippen molar-refractivity contribution in [2.45, 2.75) is 63.6 Å². The minimum absolute atomic E-state index is 0.0309. The van der Waals surface area contributed by atoms with Crippen molar-refractivity contribution in [3.8, 4) is 5.75 Å². The molecule has 1 heterocycles. The summed E-state index contributed by atoms with van der Waals surface area (Å²) in [5, 5.41) is 9.51. The van der Waals surface area contributed by atoms with Gasteiger partial charge >= 0.3 is 0 Å². The quantitative estimate of drug-likeness (QED) is 0.112. The van der Waals surface area contributed by atoms with Crippen LogP contribution in [0.15, 0.2) is 146 Å². The van der Waals surface area contributed by atoms with Crippen LogP contribution in [0.1, 0.15) is 27.8 Å². The van der Waals surface area contributed by atoms with Crippen LogP contribution in [0.5, 0.6) is 5.75 Å². The molecule has 0 bridgehead atoms. The molecule has 7 nitrogen and oxygen atoms in total. The third-order valence-corrected chi connectivity index (χ3v) is 8.50. The lowest BCUT2D eigenvalue weighted by molar-refractivity contribution is -0.276. The first-order valence-electron chi connectivity index (χ1n) is 16.8. The van der Waals surface area contributed by atoms with Crippen LogP contribution in [0, 0.1) is 0 Å². The van der Waals surface area contributed by atoms with E-state index in [1.807, 2.05) is 133 Å². The molecule has 0 aliphatic carbocycles. The summed E-state index contributed by atoms with van der Waals surface area (Å²) in [6.45, 7) is 2.01. The van der Waals surface area contributed by atoms with Crippen LogP contribution in [0.3, 0.4) is 0 Å². The second-order valence-electron chi connectivity index (χ2n) is 12.1. The summed E-state index contributed by atoms with van der Waals surface area (Å²) in [7, 11) is 0. The van der Waals surface area contributed by atoms with Gasteiger partial charge in [-0.1, -0.05) is 133 Å². The summed E-state index contributed by atoms with van der Waals surface area (Å²) in [4.78, 5) is 0. The van der Waals surface area contributed by atoms with Gasteiger partial charge in [0.1, 0.15) is 42.9 Å². The number of aliphatic hydroxyl groups excluding tert-OH is 1. The fourth-order valence-corrected chi connectivity index (χ4v) is 5.89. The van der Waals surface area contributed by atoms with E-state index in [-0.39, 0.29) is 19.8 Å². The number of ether oxygens (including phenoxy) is 6. The highest BCUT2D eigenvalue weighted by molar-refractivity contribution is 5.27. The maximum atomic E-state index is 9.51. The Hall–Kier alpha value is -4.34. The monoisotopic (exact) mass is 660 g/mol. The highest BCUT2D eigenvalue weighted by atomic mass is 16.6. The molecule has 5 aromatic rings. The van der Waals surface area contributed by atoms with Gasteiger partial charge in [0.25, 0.3) is 0 Å². The Labute approximate surface area is 289 Å². The number of rotatable bonds is 17. The lowest BCUT2D eigenvalue weighted by Gasteiger charge is -2.46. The molecule has 7 heteroatoms. The smallest absolute Gasteiger partial charge is 0.121 e. The van der Waals surface area contributed by atoms with Gasteiger partial charge in [0.05, 0.1) is 39.6 Å². The van der Waals surface area contributed by atoms with Crippen molar-refractivity contribution in [3.05, 3.63) is 173 Å². The molecule has 1 aliphatic heterocycles. The van der Waals surface area contributed by atoms with E-state index < -0.39 is 30.5 Å². The Balaban J connectivity index is 1.29. The minimum Gasteiger partial charge on any atom is -0.491 e. The summed E-state index contributed by atoms with van der Waals surface area (Å²) in [5.41, 5.74) is 5.03. The van der Waals surface area contributed by atoms with Gasteiger partial charge in [-0.25, -0.2) is 0 Å². The molecule has 6 rings (SSSR count). The third-order valence-electron chi connectivity index (χ3n) is 8.50. The highest BCUT2D eigenvalue weighted by Crippen LogP contribution is 2.32. The Morgan fingerprint density at radius 3 is 1.29 bits per heavy atom. The zero-order valence-corrected chi connectivity index (χ0v) is 27.6. The number of aliphatic hydroxyl groups is 1. The fraction of sp³-hybridized carbons (Fsp3) is 0.286. The van der Waals surface area contributed by atoms with Crippen LogP contribution in [-0.2, 0) is 56.7 Å². The first-order chi connectivity index (χ1) is 24.2. The topological polar surface area (TPSA) is 75.6 Å². The van der Waals surface area contributed by atoms with Gasteiger partial charge in [-0.05, 0) is 39.9 Å². The van der Waals surface area contributed by atoms with E-state index in [2.05, 4.69) is 12.1 Å². The molecule has 49 heavy (non-hydrogen) atoms. The van der Waals surface area contributed by atoms with Crippen molar-refractivity contribution in [1.29, 1.82) is 0 Å². The maximum Gasteiger partial charge on any atom is 0.121 e. The van der Waals surface area contributed by atoms with Gasteiger partial charge in [-0.15, -0.1) is 0 Å². The van der Waals surface area contributed by atoms with Crippen LogP contribution in [-0.4, -0.2) is 48.8 Å². The largest absolute Gasteiger partial charge is 0.491 e. The Kier molecular flexibility index (Phi) is 13.0. The van der Waals surface area contributed by atoms with E-state index in [1.54, 1.807) is 0 Å². The van der Waals surface area contributed by atoms with E-state index >= 15 is 0 Å². The predicted molar refractivity (Wildman–Crippen MR) is 188 cm³/mol. The molecular weight excluding hydrogens is 616 g/mol. The highest BCUT2D eigenvalue weighted by Gasteiger charge is 2.48. The first kappa shape index (κ1) is 34.5. The summed E-state index contributed by atoms with van der Waals surface area (Å²) < 4.78 is 39.7.